The third-order valence-corrected chi connectivity index (χ3v) is 6.77. The fourth-order valence-corrected chi connectivity index (χ4v) is 5.00. The summed E-state index contributed by atoms with van der Waals surface area (Å²) in [4.78, 5) is 25.3. The van der Waals surface area contributed by atoms with Crippen LogP contribution in [-0.2, 0) is 11.3 Å². The van der Waals surface area contributed by atoms with E-state index in [1.54, 1.807) is 34.2 Å². The minimum absolute atomic E-state index is 0.0658. The van der Waals surface area contributed by atoms with Crippen LogP contribution in [0.25, 0.3) is 10.2 Å². The molecule has 2 aromatic carbocycles. The van der Waals surface area contributed by atoms with Gasteiger partial charge in [0.05, 0.1) is 22.5 Å². The number of amides is 1. The standard InChI is InChI=1S/C24H23N3OS2/c1-17-6-9-20(10-7-17)29-14-12-23(28)27(16-19-5-3-4-13-25-19)24-26-21-11-8-18(2)15-22(21)30-24/h3-11,13,15H,12,14,16H2,1-2H3. The molecule has 0 spiro atoms. The fourth-order valence-electron chi connectivity index (χ4n) is 3.08. The summed E-state index contributed by atoms with van der Waals surface area (Å²) >= 11 is 3.26. The first kappa shape index (κ1) is 20.6. The molecule has 0 fully saturated rings. The number of benzene rings is 2. The van der Waals surface area contributed by atoms with Crippen LogP contribution in [0, 0.1) is 13.8 Å². The molecule has 152 valence electrons. The quantitative estimate of drug-likeness (QED) is 0.334. The van der Waals surface area contributed by atoms with Crippen LogP contribution < -0.4 is 4.90 Å². The van der Waals surface area contributed by atoms with Gasteiger partial charge in [-0.15, -0.1) is 11.8 Å². The van der Waals surface area contributed by atoms with Crippen LogP contribution in [0.4, 0.5) is 5.13 Å². The lowest BCUT2D eigenvalue weighted by atomic mass is 10.2. The lowest BCUT2D eigenvalue weighted by Gasteiger charge is -2.19. The van der Waals surface area contributed by atoms with Crippen molar-refractivity contribution in [2.45, 2.75) is 31.7 Å². The van der Waals surface area contributed by atoms with Crippen molar-refractivity contribution in [3.05, 3.63) is 83.7 Å². The van der Waals surface area contributed by atoms with Crippen LogP contribution in [0.2, 0.25) is 0 Å². The number of hydrogen-bond donors (Lipinski definition) is 0. The number of hydrogen-bond acceptors (Lipinski definition) is 5. The molecule has 30 heavy (non-hydrogen) atoms. The van der Waals surface area contributed by atoms with Gasteiger partial charge in [-0.2, -0.15) is 0 Å². The number of anilines is 1. The largest absolute Gasteiger partial charge is 0.282 e. The van der Waals surface area contributed by atoms with Gasteiger partial charge >= 0.3 is 0 Å². The van der Waals surface area contributed by atoms with Crippen LogP contribution in [0.3, 0.4) is 0 Å². The SMILES string of the molecule is Cc1ccc(SCCC(=O)N(Cc2ccccn2)c2nc3ccc(C)cc3s2)cc1. The van der Waals surface area contributed by atoms with E-state index in [-0.39, 0.29) is 5.91 Å². The molecule has 2 heterocycles. The van der Waals surface area contributed by atoms with Crippen molar-refractivity contribution < 1.29 is 4.79 Å². The number of carbonyl (C=O) groups excluding carboxylic acids is 1. The molecule has 6 heteroatoms. The Bertz CT molecular complexity index is 1140. The van der Waals surface area contributed by atoms with Gasteiger partial charge in [0, 0.05) is 23.3 Å². The Balaban J connectivity index is 1.52. The van der Waals surface area contributed by atoms with E-state index >= 15 is 0 Å². The minimum atomic E-state index is 0.0658. The van der Waals surface area contributed by atoms with Crippen LogP contribution in [-0.4, -0.2) is 21.6 Å². The van der Waals surface area contributed by atoms with Crippen LogP contribution in [0.5, 0.6) is 0 Å². The molecule has 0 aliphatic heterocycles. The summed E-state index contributed by atoms with van der Waals surface area (Å²) in [6.07, 6.45) is 2.20. The Hall–Kier alpha value is -2.70. The summed E-state index contributed by atoms with van der Waals surface area (Å²) in [5.41, 5.74) is 4.21. The van der Waals surface area contributed by atoms with E-state index in [9.17, 15) is 4.79 Å². The number of thiazole rings is 1. The second-order valence-electron chi connectivity index (χ2n) is 7.18. The van der Waals surface area contributed by atoms with Crippen molar-refractivity contribution in [1.82, 2.24) is 9.97 Å². The lowest BCUT2D eigenvalue weighted by molar-refractivity contribution is -0.118. The van der Waals surface area contributed by atoms with E-state index < -0.39 is 0 Å². The molecule has 0 aliphatic rings. The van der Waals surface area contributed by atoms with Crippen LogP contribution in [0.15, 0.2) is 71.8 Å². The monoisotopic (exact) mass is 433 g/mol. The first-order valence-electron chi connectivity index (χ1n) is 9.85. The number of nitrogens with zero attached hydrogens (tertiary/aromatic N) is 3. The number of carbonyl (C=O) groups is 1. The Morgan fingerprint density at radius 2 is 1.83 bits per heavy atom. The molecule has 0 saturated heterocycles. The van der Waals surface area contributed by atoms with E-state index in [0.29, 0.717) is 13.0 Å². The van der Waals surface area contributed by atoms with Gasteiger partial charge < -0.3 is 0 Å². The number of aryl methyl sites for hydroxylation is 2. The molecule has 0 atom stereocenters. The molecule has 4 nitrogen and oxygen atoms in total. The lowest BCUT2D eigenvalue weighted by Crippen LogP contribution is -2.30. The van der Waals surface area contributed by atoms with Gasteiger partial charge in [-0.3, -0.25) is 14.7 Å². The fraction of sp³-hybridized carbons (Fsp3) is 0.208. The van der Waals surface area contributed by atoms with Crippen molar-refractivity contribution in [3.63, 3.8) is 0 Å². The molecule has 0 aliphatic carbocycles. The molecule has 0 unspecified atom stereocenters. The van der Waals surface area contributed by atoms with Gasteiger partial charge in [0.25, 0.3) is 0 Å². The van der Waals surface area contributed by atoms with E-state index in [1.807, 2.05) is 24.3 Å². The molecular formula is C24H23N3OS2. The molecular weight excluding hydrogens is 410 g/mol. The second-order valence-corrected chi connectivity index (χ2v) is 9.36. The highest BCUT2D eigenvalue weighted by Crippen LogP contribution is 2.31. The first-order chi connectivity index (χ1) is 14.6. The van der Waals surface area contributed by atoms with Crippen molar-refractivity contribution in [1.29, 1.82) is 0 Å². The third kappa shape index (κ3) is 5.07. The van der Waals surface area contributed by atoms with Crippen molar-refractivity contribution >= 4 is 44.4 Å². The predicted molar refractivity (Wildman–Crippen MR) is 126 cm³/mol. The maximum atomic E-state index is 13.2. The Morgan fingerprint density at radius 3 is 2.60 bits per heavy atom. The maximum absolute atomic E-state index is 13.2. The zero-order valence-corrected chi connectivity index (χ0v) is 18.7. The van der Waals surface area contributed by atoms with Gasteiger partial charge in [0.2, 0.25) is 5.91 Å². The average Bonchev–Trinajstić information content (AvgIpc) is 3.17. The number of fused-ring (bicyclic) bond motifs is 1. The van der Waals surface area contributed by atoms with E-state index in [4.69, 9.17) is 4.98 Å². The highest BCUT2D eigenvalue weighted by Gasteiger charge is 2.20. The maximum Gasteiger partial charge on any atom is 0.229 e. The Labute approximate surface area is 185 Å². The normalized spacial score (nSPS) is 11.0. The first-order valence-corrected chi connectivity index (χ1v) is 11.7. The predicted octanol–water partition coefficient (Wildman–Crippen LogP) is 6.02. The third-order valence-electron chi connectivity index (χ3n) is 4.72. The van der Waals surface area contributed by atoms with Crippen LogP contribution in [0.1, 0.15) is 23.2 Å². The summed E-state index contributed by atoms with van der Waals surface area (Å²) in [5.74, 6) is 0.793. The van der Waals surface area contributed by atoms with E-state index in [1.165, 1.54) is 16.0 Å². The number of rotatable bonds is 7. The zero-order chi connectivity index (χ0) is 20.9. The average molecular weight is 434 g/mol. The molecule has 0 saturated carbocycles. The molecule has 1 amide bonds. The summed E-state index contributed by atoms with van der Waals surface area (Å²) < 4.78 is 1.10. The topological polar surface area (TPSA) is 46.1 Å². The minimum Gasteiger partial charge on any atom is -0.282 e. The summed E-state index contributed by atoms with van der Waals surface area (Å²) in [5, 5.41) is 0.728. The van der Waals surface area contributed by atoms with Gasteiger partial charge in [-0.25, -0.2) is 4.98 Å². The van der Waals surface area contributed by atoms with E-state index in [2.05, 4.69) is 55.2 Å². The number of thioether (sulfide) groups is 1. The summed E-state index contributed by atoms with van der Waals surface area (Å²) in [7, 11) is 0. The molecule has 4 rings (SSSR count). The molecule has 0 bridgehead atoms. The Morgan fingerprint density at radius 1 is 1.03 bits per heavy atom. The smallest absolute Gasteiger partial charge is 0.229 e. The summed E-state index contributed by atoms with van der Waals surface area (Å²) in [6.45, 7) is 4.57. The second kappa shape index (κ2) is 9.41. The van der Waals surface area contributed by atoms with Gasteiger partial charge in [0.15, 0.2) is 5.13 Å². The summed E-state index contributed by atoms with van der Waals surface area (Å²) in [6, 6.07) is 20.4. The van der Waals surface area contributed by atoms with Gasteiger partial charge in [-0.1, -0.05) is 41.2 Å². The molecule has 4 aromatic rings. The van der Waals surface area contributed by atoms with Gasteiger partial charge in [0.1, 0.15) is 0 Å². The van der Waals surface area contributed by atoms with E-state index in [0.717, 1.165) is 26.8 Å². The Kier molecular flexibility index (Phi) is 6.45. The van der Waals surface area contributed by atoms with Crippen molar-refractivity contribution in [2.75, 3.05) is 10.7 Å². The van der Waals surface area contributed by atoms with Crippen molar-refractivity contribution in [3.8, 4) is 0 Å². The highest BCUT2D eigenvalue weighted by atomic mass is 32.2. The number of pyridine rings is 1. The van der Waals surface area contributed by atoms with Crippen LogP contribution >= 0.6 is 23.1 Å². The molecule has 0 N–H and O–H groups in total. The number of aromatic nitrogens is 2. The highest BCUT2D eigenvalue weighted by molar-refractivity contribution is 7.99. The van der Waals surface area contributed by atoms with Crippen molar-refractivity contribution in [2.24, 2.45) is 0 Å². The zero-order valence-electron chi connectivity index (χ0n) is 17.0. The van der Waals surface area contributed by atoms with Gasteiger partial charge in [-0.05, 0) is 55.8 Å². The molecule has 0 radical (unpaired) electrons. The molecule has 2 aromatic heterocycles.